The van der Waals surface area contributed by atoms with E-state index in [0.29, 0.717) is 22.5 Å². The van der Waals surface area contributed by atoms with E-state index >= 15 is 0 Å². The molecule has 0 aliphatic rings. The fourth-order valence-corrected chi connectivity index (χ4v) is 2.05. The van der Waals surface area contributed by atoms with Gasteiger partial charge in [-0.05, 0) is 38.5 Å². The summed E-state index contributed by atoms with van der Waals surface area (Å²) in [4.78, 5) is 10.8. The Balaban J connectivity index is 2.51. The minimum atomic E-state index is -0.902. The number of benzene rings is 1. The molecule has 0 atom stereocenters. The zero-order chi connectivity index (χ0) is 14.2. The molecule has 0 amide bonds. The van der Waals surface area contributed by atoms with Crippen LogP contribution in [0.5, 0.6) is 0 Å². The van der Waals surface area contributed by atoms with Crippen molar-refractivity contribution in [1.29, 1.82) is 0 Å². The molecule has 2 rings (SSSR count). The number of rotatable bonds is 3. The van der Waals surface area contributed by atoms with E-state index in [0.717, 1.165) is 5.69 Å². The zero-order valence-corrected chi connectivity index (χ0v) is 11.1. The third-order valence-electron chi connectivity index (χ3n) is 3.17. The number of carbonyl (C=O) groups is 1. The van der Waals surface area contributed by atoms with Crippen molar-refractivity contribution in [2.45, 2.75) is 27.2 Å². The number of nitrogens with zero attached hydrogens (tertiary/aromatic N) is 2. The summed E-state index contributed by atoms with van der Waals surface area (Å²) >= 11 is 0. The van der Waals surface area contributed by atoms with Gasteiger partial charge in [-0.1, -0.05) is 6.07 Å². The van der Waals surface area contributed by atoms with Crippen molar-refractivity contribution in [1.82, 2.24) is 9.78 Å². The van der Waals surface area contributed by atoms with Gasteiger partial charge in [0, 0.05) is 11.3 Å². The molecule has 5 heteroatoms. The maximum Gasteiger partial charge on any atom is 0.307 e. The maximum atomic E-state index is 13.6. The monoisotopic (exact) mass is 262 g/mol. The molecule has 1 aromatic heterocycles. The van der Waals surface area contributed by atoms with Crippen molar-refractivity contribution in [3.8, 4) is 5.69 Å². The highest BCUT2D eigenvalue weighted by molar-refractivity contribution is 5.71. The lowest BCUT2D eigenvalue weighted by atomic mass is 10.1. The molecule has 19 heavy (non-hydrogen) atoms. The molecule has 0 bridgehead atoms. The summed E-state index contributed by atoms with van der Waals surface area (Å²) in [6.07, 6.45) is -0.0774. The van der Waals surface area contributed by atoms with Crippen LogP contribution in [0, 0.1) is 26.6 Å². The van der Waals surface area contributed by atoms with E-state index in [-0.39, 0.29) is 12.2 Å². The third kappa shape index (κ3) is 2.50. The SMILES string of the molecule is Cc1ccc(-n2nc(C)c(CC(=O)O)c2C)cc1F. The van der Waals surface area contributed by atoms with Crippen LogP contribution in [0.4, 0.5) is 4.39 Å². The summed E-state index contributed by atoms with van der Waals surface area (Å²) in [5.74, 6) is -1.20. The highest BCUT2D eigenvalue weighted by atomic mass is 19.1. The molecule has 1 N–H and O–H groups in total. The molecular formula is C14H15FN2O2. The molecule has 100 valence electrons. The fourth-order valence-electron chi connectivity index (χ4n) is 2.05. The van der Waals surface area contributed by atoms with E-state index in [1.54, 1.807) is 37.6 Å². The molecule has 0 aliphatic heterocycles. The van der Waals surface area contributed by atoms with Crippen LogP contribution < -0.4 is 0 Å². The van der Waals surface area contributed by atoms with Gasteiger partial charge >= 0.3 is 5.97 Å². The molecular weight excluding hydrogens is 247 g/mol. The Morgan fingerprint density at radius 3 is 2.63 bits per heavy atom. The number of halogens is 1. The molecule has 0 unspecified atom stereocenters. The Kier molecular flexibility index (Phi) is 3.38. The van der Waals surface area contributed by atoms with Gasteiger partial charge in [0.15, 0.2) is 0 Å². The number of carboxylic acids is 1. The quantitative estimate of drug-likeness (QED) is 0.924. The van der Waals surface area contributed by atoms with Crippen LogP contribution in [-0.2, 0) is 11.2 Å². The van der Waals surface area contributed by atoms with E-state index in [1.165, 1.54) is 6.07 Å². The van der Waals surface area contributed by atoms with Crippen molar-refractivity contribution in [3.05, 3.63) is 46.5 Å². The van der Waals surface area contributed by atoms with Crippen LogP contribution in [0.3, 0.4) is 0 Å². The van der Waals surface area contributed by atoms with Crippen LogP contribution in [-0.4, -0.2) is 20.9 Å². The molecule has 0 saturated heterocycles. The summed E-state index contributed by atoms with van der Waals surface area (Å²) < 4.78 is 15.2. The van der Waals surface area contributed by atoms with E-state index in [1.807, 2.05) is 0 Å². The lowest BCUT2D eigenvalue weighted by Gasteiger charge is -2.06. The molecule has 0 fully saturated rings. The number of aromatic nitrogens is 2. The average molecular weight is 262 g/mol. The second-order valence-corrected chi connectivity index (χ2v) is 4.57. The van der Waals surface area contributed by atoms with E-state index < -0.39 is 5.97 Å². The van der Waals surface area contributed by atoms with Crippen LogP contribution in [0.15, 0.2) is 18.2 Å². The van der Waals surface area contributed by atoms with Crippen LogP contribution in [0.2, 0.25) is 0 Å². The number of hydrogen-bond acceptors (Lipinski definition) is 2. The van der Waals surface area contributed by atoms with E-state index in [9.17, 15) is 9.18 Å². The Labute approximate surface area is 110 Å². The van der Waals surface area contributed by atoms with Gasteiger partial charge in [-0.2, -0.15) is 5.10 Å². The van der Waals surface area contributed by atoms with E-state index in [4.69, 9.17) is 5.11 Å². The summed E-state index contributed by atoms with van der Waals surface area (Å²) in [6, 6.07) is 4.85. The molecule has 0 radical (unpaired) electrons. The molecule has 1 heterocycles. The van der Waals surface area contributed by atoms with Gasteiger partial charge in [0.05, 0.1) is 17.8 Å². The summed E-state index contributed by atoms with van der Waals surface area (Å²) in [6.45, 7) is 5.23. The lowest BCUT2D eigenvalue weighted by molar-refractivity contribution is -0.136. The Hall–Kier alpha value is -2.17. The first-order valence-electron chi connectivity index (χ1n) is 5.93. The van der Waals surface area contributed by atoms with Crippen LogP contribution >= 0.6 is 0 Å². The maximum absolute atomic E-state index is 13.6. The standard InChI is InChI=1S/C14H15FN2O2/c1-8-4-5-11(6-13(8)15)17-10(3)12(7-14(18)19)9(2)16-17/h4-6H,7H2,1-3H3,(H,18,19). The molecule has 2 aromatic rings. The Bertz CT molecular complexity index is 647. The summed E-state index contributed by atoms with van der Waals surface area (Å²) in [5, 5.41) is 13.2. The van der Waals surface area contributed by atoms with Gasteiger partial charge < -0.3 is 5.11 Å². The Morgan fingerprint density at radius 1 is 1.37 bits per heavy atom. The number of hydrogen-bond donors (Lipinski definition) is 1. The first kappa shape index (κ1) is 13.3. The summed E-state index contributed by atoms with van der Waals surface area (Å²) in [5.41, 5.74) is 3.22. The minimum absolute atomic E-state index is 0.0774. The first-order chi connectivity index (χ1) is 8.90. The van der Waals surface area contributed by atoms with Crippen molar-refractivity contribution < 1.29 is 14.3 Å². The summed E-state index contributed by atoms with van der Waals surface area (Å²) in [7, 11) is 0. The predicted octanol–water partition coefficient (Wildman–Crippen LogP) is 2.56. The van der Waals surface area contributed by atoms with Gasteiger partial charge in [0.2, 0.25) is 0 Å². The Morgan fingerprint density at radius 2 is 2.05 bits per heavy atom. The molecule has 0 spiro atoms. The smallest absolute Gasteiger partial charge is 0.307 e. The molecule has 1 aromatic carbocycles. The van der Waals surface area contributed by atoms with Crippen molar-refractivity contribution in [3.63, 3.8) is 0 Å². The van der Waals surface area contributed by atoms with Crippen LogP contribution in [0.1, 0.15) is 22.5 Å². The third-order valence-corrected chi connectivity index (χ3v) is 3.17. The molecule has 4 nitrogen and oxygen atoms in total. The highest BCUT2D eigenvalue weighted by Crippen LogP contribution is 2.20. The van der Waals surface area contributed by atoms with Gasteiger partial charge in [-0.15, -0.1) is 0 Å². The van der Waals surface area contributed by atoms with E-state index in [2.05, 4.69) is 5.10 Å². The highest BCUT2D eigenvalue weighted by Gasteiger charge is 2.15. The van der Waals surface area contributed by atoms with Crippen molar-refractivity contribution in [2.75, 3.05) is 0 Å². The largest absolute Gasteiger partial charge is 0.481 e. The lowest BCUT2D eigenvalue weighted by Crippen LogP contribution is -2.04. The normalized spacial score (nSPS) is 10.7. The predicted molar refractivity (Wildman–Crippen MR) is 69.1 cm³/mol. The van der Waals surface area contributed by atoms with Gasteiger partial charge in [-0.3, -0.25) is 4.79 Å². The second kappa shape index (κ2) is 4.84. The topological polar surface area (TPSA) is 55.1 Å². The number of carboxylic acid groups (broad SMARTS) is 1. The number of aryl methyl sites for hydroxylation is 2. The number of aliphatic carboxylic acids is 1. The first-order valence-corrected chi connectivity index (χ1v) is 5.93. The van der Waals surface area contributed by atoms with Crippen molar-refractivity contribution in [2.24, 2.45) is 0 Å². The van der Waals surface area contributed by atoms with Gasteiger partial charge in [-0.25, -0.2) is 9.07 Å². The average Bonchev–Trinajstić information content (AvgIpc) is 2.60. The zero-order valence-electron chi connectivity index (χ0n) is 11.1. The minimum Gasteiger partial charge on any atom is -0.481 e. The van der Waals surface area contributed by atoms with Crippen molar-refractivity contribution >= 4 is 5.97 Å². The van der Waals surface area contributed by atoms with Gasteiger partial charge in [0.25, 0.3) is 0 Å². The molecule has 0 saturated carbocycles. The van der Waals surface area contributed by atoms with Gasteiger partial charge in [0.1, 0.15) is 5.82 Å². The fraction of sp³-hybridized carbons (Fsp3) is 0.286. The second-order valence-electron chi connectivity index (χ2n) is 4.57. The molecule has 0 aliphatic carbocycles. The van der Waals surface area contributed by atoms with Crippen LogP contribution in [0.25, 0.3) is 5.69 Å².